The summed E-state index contributed by atoms with van der Waals surface area (Å²) < 4.78 is 37.5. The summed E-state index contributed by atoms with van der Waals surface area (Å²) in [6.07, 6.45) is -3.42. The predicted molar refractivity (Wildman–Crippen MR) is 51.1 cm³/mol. The van der Waals surface area contributed by atoms with E-state index in [1.54, 1.807) is 7.05 Å². The molecule has 0 radical (unpaired) electrons. The Morgan fingerprint density at radius 2 is 2.25 bits per heavy atom. The van der Waals surface area contributed by atoms with Crippen LogP contribution in [0.3, 0.4) is 0 Å². The van der Waals surface area contributed by atoms with Crippen LogP contribution in [-0.2, 0) is 13.5 Å². The van der Waals surface area contributed by atoms with Gasteiger partial charge < -0.3 is 0 Å². The van der Waals surface area contributed by atoms with Crippen molar-refractivity contribution in [3.63, 3.8) is 0 Å². The first-order valence-electron chi connectivity index (χ1n) is 4.78. The number of hydrazine groups is 1. The van der Waals surface area contributed by atoms with Crippen molar-refractivity contribution in [2.24, 2.45) is 12.9 Å². The van der Waals surface area contributed by atoms with E-state index in [1.807, 2.05) is 0 Å². The zero-order chi connectivity index (χ0) is 12.2. The number of nitrogens with one attached hydrogen (secondary N) is 1. The normalized spacial score (nSPS) is 14.1. The maximum atomic E-state index is 12.0. The maximum absolute atomic E-state index is 12.0. The number of nitrogens with two attached hydrogens (primary N) is 1. The summed E-state index contributed by atoms with van der Waals surface area (Å²) in [4.78, 5) is 3.92. The minimum atomic E-state index is -4.16. The average molecular weight is 237 g/mol. The van der Waals surface area contributed by atoms with E-state index in [-0.39, 0.29) is 6.42 Å². The highest BCUT2D eigenvalue weighted by atomic mass is 19.4. The molecule has 0 aliphatic carbocycles. The highest BCUT2D eigenvalue weighted by molar-refractivity contribution is 4.88. The van der Waals surface area contributed by atoms with E-state index in [1.165, 1.54) is 11.0 Å². The third-order valence-corrected chi connectivity index (χ3v) is 2.25. The second kappa shape index (κ2) is 5.26. The van der Waals surface area contributed by atoms with Crippen molar-refractivity contribution in [3.8, 4) is 0 Å². The van der Waals surface area contributed by atoms with Crippen molar-refractivity contribution >= 4 is 0 Å². The van der Waals surface area contributed by atoms with Gasteiger partial charge in [0.15, 0.2) is 0 Å². The third kappa shape index (κ3) is 4.15. The van der Waals surface area contributed by atoms with Crippen LogP contribution in [0.4, 0.5) is 13.2 Å². The number of hydrogen-bond donors (Lipinski definition) is 2. The smallest absolute Gasteiger partial charge is 0.271 e. The molecule has 92 valence electrons. The fourth-order valence-electron chi connectivity index (χ4n) is 1.31. The molecule has 0 aliphatic heterocycles. The number of halogens is 3. The zero-order valence-corrected chi connectivity index (χ0v) is 8.83. The summed E-state index contributed by atoms with van der Waals surface area (Å²) in [5.41, 5.74) is 2.36. The van der Waals surface area contributed by atoms with Crippen molar-refractivity contribution in [1.82, 2.24) is 20.2 Å². The topological polar surface area (TPSA) is 68.8 Å². The molecule has 5 nitrogen and oxygen atoms in total. The van der Waals surface area contributed by atoms with Gasteiger partial charge in [-0.3, -0.25) is 16.0 Å². The van der Waals surface area contributed by atoms with Gasteiger partial charge in [0.05, 0.1) is 0 Å². The Kier molecular flexibility index (Phi) is 4.25. The van der Waals surface area contributed by atoms with E-state index in [9.17, 15) is 13.2 Å². The molecule has 1 aromatic heterocycles. The van der Waals surface area contributed by atoms with Gasteiger partial charge in [-0.15, -0.1) is 0 Å². The molecule has 1 atom stereocenters. The standard InChI is InChI=1S/C8H14F3N5/c1-16-7(13-5-14-16)4-6(15-12)2-3-8(9,10)11/h5-6,15H,2-4,12H2,1H3. The van der Waals surface area contributed by atoms with Crippen LogP contribution >= 0.6 is 0 Å². The van der Waals surface area contributed by atoms with Crippen molar-refractivity contribution in [2.75, 3.05) is 0 Å². The molecule has 0 saturated heterocycles. The Morgan fingerprint density at radius 1 is 1.56 bits per heavy atom. The molecule has 0 spiro atoms. The molecule has 16 heavy (non-hydrogen) atoms. The van der Waals surface area contributed by atoms with Crippen LogP contribution in [-0.4, -0.2) is 27.0 Å². The molecule has 3 N–H and O–H groups in total. The number of aromatic nitrogens is 3. The molecule has 0 bridgehead atoms. The maximum Gasteiger partial charge on any atom is 0.389 e. The third-order valence-electron chi connectivity index (χ3n) is 2.25. The van der Waals surface area contributed by atoms with Crippen molar-refractivity contribution in [2.45, 2.75) is 31.5 Å². The van der Waals surface area contributed by atoms with E-state index >= 15 is 0 Å². The van der Waals surface area contributed by atoms with Crippen LogP contribution in [0, 0.1) is 0 Å². The molecule has 1 unspecified atom stereocenters. The van der Waals surface area contributed by atoms with Crippen molar-refractivity contribution < 1.29 is 13.2 Å². The second-order valence-electron chi connectivity index (χ2n) is 3.52. The lowest BCUT2D eigenvalue weighted by molar-refractivity contribution is -0.136. The average Bonchev–Trinajstić information content (AvgIpc) is 2.57. The molecular formula is C8H14F3N5. The lowest BCUT2D eigenvalue weighted by Crippen LogP contribution is -2.38. The number of nitrogens with zero attached hydrogens (tertiary/aromatic N) is 3. The second-order valence-corrected chi connectivity index (χ2v) is 3.52. The van der Waals surface area contributed by atoms with Crippen LogP contribution in [0.2, 0.25) is 0 Å². The minimum absolute atomic E-state index is 0.0765. The monoisotopic (exact) mass is 237 g/mol. The van der Waals surface area contributed by atoms with Crippen LogP contribution in [0.5, 0.6) is 0 Å². The first-order valence-corrected chi connectivity index (χ1v) is 4.78. The lowest BCUT2D eigenvalue weighted by atomic mass is 10.1. The number of rotatable bonds is 5. The Balaban J connectivity index is 2.47. The summed E-state index contributed by atoms with van der Waals surface area (Å²) in [5.74, 6) is 5.80. The molecular weight excluding hydrogens is 223 g/mol. The van der Waals surface area contributed by atoms with Gasteiger partial charge in [0, 0.05) is 25.9 Å². The number of aryl methyl sites for hydroxylation is 1. The van der Waals surface area contributed by atoms with E-state index in [0.717, 1.165) is 0 Å². The summed E-state index contributed by atoms with van der Waals surface area (Å²) >= 11 is 0. The van der Waals surface area contributed by atoms with Gasteiger partial charge >= 0.3 is 6.18 Å². The summed E-state index contributed by atoms with van der Waals surface area (Å²) in [6.45, 7) is 0. The molecule has 1 aromatic rings. The van der Waals surface area contributed by atoms with Gasteiger partial charge in [-0.1, -0.05) is 0 Å². The Bertz CT molecular complexity index is 322. The van der Waals surface area contributed by atoms with Gasteiger partial charge in [-0.2, -0.15) is 18.3 Å². The summed E-state index contributed by atoms with van der Waals surface area (Å²) in [6, 6.07) is -0.454. The first kappa shape index (κ1) is 12.9. The Hall–Kier alpha value is -1.15. The van der Waals surface area contributed by atoms with Crippen molar-refractivity contribution in [1.29, 1.82) is 0 Å². The Morgan fingerprint density at radius 3 is 2.69 bits per heavy atom. The quantitative estimate of drug-likeness (QED) is 0.579. The molecule has 0 fully saturated rings. The summed E-state index contributed by atoms with van der Waals surface area (Å²) in [5, 5.41) is 3.83. The van der Waals surface area contributed by atoms with Gasteiger partial charge in [-0.05, 0) is 6.42 Å². The first-order chi connectivity index (χ1) is 7.42. The highest BCUT2D eigenvalue weighted by Crippen LogP contribution is 2.22. The molecule has 0 amide bonds. The molecule has 0 saturated carbocycles. The van der Waals surface area contributed by atoms with E-state index in [0.29, 0.717) is 12.2 Å². The van der Waals surface area contributed by atoms with Gasteiger partial charge in [0.25, 0.3) is 0 Å². The van der Waals surface area contributed by atoms with Gasteiger partial charge in [0.2, 0.25) is 0 Å². The number of hydrogen-bond acceptors (Lipinski definition) is 4. The van der Waals surface area contributed by atoms with Crippen molar-refractivity contribution in [3.05, 3.63) is 12.2 Å². The minimum Gasteiger partial charge on any atom is -0.271 e. The predicted octanol–water partition coefficient (Wildman–Crippen LogP) is 0.532. The molecule has 1 heterocycles. The molecule has 0 aromatic carbocycles. The molecule has 8 heteroatoms. The SMILES string of the molecule is Cn1ncnc1CC(CCC(F)(F)F)NN. The summed E-state index contributed by atoms with van der Waals surface area (Å²) in [7, 11) is 1.68. The van der Waals surface area contributed by atoms with Crippen LogP contribution in [0.1, 0.15) is 18.7 Å². The van der Waals surface area contributed by atoms with E-state index < -0.39 is 18.6 Å². The largest absolute Gasteiger partial charge is 0.389 e. The highest BCUT2D eigenvalue weighted by Gasteiger charge is 2.28. The zero-order valence-electron chi connectivity index (χ0n) is 8.83. The Labute approximate surface area is 90.8 Å². The lowest BCUT2D eigenvalue weighted by Gasteiger charge is -2.16. The van der Waals surface area contributed by atoms with Crippen LogP contribution in [0.25, 0.3) is 0 Å². The fourth-order valence-corrected chi connectivity index (χ4v) is 1.31. The molecule has 0 aliphatic rings. The fraction of sp³-hybridized carbons (Fsp3) is 0.750. The van der Waals surface area contributed by atoms with Crippen LogP contribution in [0.15, 0.2) is 6.33 Å². The van der Waals surface area contributed by atoms with Gasteiger partial charge in [0.1, 0.15) is 12.2 Å². The molecule has 1 rings (SSSR count). The number of alkyl halides is 3. The van der Waals surface area contributed by atoms with Crippen LogP contribution < -0.4 is 11.3 Å². The van der Waals surface area contributed by atoms with E-state index in [2.05, 4.69) is 15.5 Å². The van der Waals surface area contributed by atoms with E-state index in [4.69, 9.17) is 5.84 Å². The van der Waals surface area contributed by atoms with Gasteiger partial charge in [-0.25, -0.2) is 4.98 Å².